The second kappa shape index (κ2) is 5.06. The molecule has 1 fully saturated rings. The topological polar surface area (TPSA) is 42.4 Å². The van der Waals surface area contributed by atoms with Crippen LogP contribution in [0.1, 0.15) is 25.8 Å². The maximum absolute atomic E-state index is 11.8. The fraction of sp³-hybridized carbons (Fsp3) is 0.571. The number of pyridine rings is 1. The SMILES string of the molecule is COC(=O)C1CCN(Cc2cccnc2)C1(C)C. The first kappa shape index (κ1) is 13.0. The van der Waals surface area contributed by atoms with Gasteiger partial charge in [0.1, 0.15) is 0 Å². The van der Waals surface area contributed by atoms with Gasteiger partial charge < -0.3 is 4.74 Å². The predicted octanol–water partition coefficient (Wildman–Crippen LogP) is 1.86. The molecule has 1 unspecified atom stereocenters. The molecule has 2 rings (SSSR count). The van der Waals surface area contributed by atoms with Crippen molar-refractivity contribution in [3.63, 3.8) is 0 Å². The van der Waals surface area contributed by atoms with Crippen LogP contribution in [0.2, 0.25) is 0 Å². The average molecular weight is 248 g/mol. The van der Waals surface area contributed by atoms with E-state index >= 15 is 0 Å². The van der Waals surface area contributed by atoms with Crippen molar-refractivity contribution in [2.24, 2.45) is 5.92 Å². The van der Waals surface area contributed by atoms with E-state index in [-0.39, 0.29) is 17.4 Å². The molecule has 0 aliphatic carbocycles. The number of nitrogens with zero attached hydrogens (tertiary/aromatic N) is 2. The van der Waals surface area contributed by atoms with Gasteiger partial charge in [-0.3, -0.25) is 14.7 Å². The smallest absolute Gasteiger partial charge is 0.310 e. The largest absolute Gasteiger partial charge is 0.469 e. The van der Waals surface area contributed by atoms with Gasteiger partial charge in [-0.25, -0.2) is 0 Å². The first-order valence-electron chi connectivity index (χ1n) is 6.27. The van der Waals surface area contributed by atoms with Crippen LogP contribution in [0.5, 0.6) is 0 Å². The van der Waals surface area contributed by atoms with Crippen LogP contribution in [0.4, 0.5) is 0 Å². The Kier molecular flexibility index (Phi) is 3.66. The molecule has 2 heterocycles. The summed E-state index contributed by atoms with van der Waals surface area (Å²) in [6.07, 6.45) is 4.51. The van der Waals surface area contributed by atoms with Crippen molar-refractivity contribution in [2.45, 2.75) is 32.4 Å². The average Bonchev–Trinajstić information content (AvgIpc) is 2.65. The van der Waals surface area contributed by atoms with Gasteiger partial charge in [0.05, 0.1) is 13.0 Å². The molecule has 1 aromatic rings. The van der Waals surface area contributed by atoms with E-state index < -0.39 is 0 Å². The van der Waals surface area contributed by atoms with Crippen molar-refractivity contribution in [2.75, 3.05) is 13.7 Å². The molecule has 1 aromatic heterocycles. The molecule has 0 spiro atoms. The number of methoxy groups -OCH3 is 1. The Hall–Kier alpha value is -1.42. The lowest BCUT2D eigenvalue weighted by molar-refractivity contribution is -0.148. The van der Waals surface area contributed by atoms with Crippen molar-refractivity contribution in [3.8, 4) is 0 Å². The molecular weight excluding hydrogens is 228 g/mol. The fourth-order valence-corrected chi connectivity index (χ4v) is 2.69. The van der Waals surface area contributed by atoms with Gasteiger partial charge in [0, 0.05) is 24.5 Å². The van der Waals surface area contributed by atoms with Crippen molar-refractivity contribution < 1.29 is 9.53 Å². The summed E-state index contributed by atoms with van der Waals surface area (Å²) in [5.41, 5.74) is 1.01. The number of esters is 1. The quantitative estimate of drug-likeness (QED) is 0.766. The molecular formula is C14H20N2O2. The van der Waals surface area contributed by atoms with Crippen LogP contribution in [-0.2, 0) is 16.1 Å². The highest BCUT2D eigenvalue weighted by molar-refractivity contribution is 5.74. The second-order valence-electron chi connectivity index (χ2n) is 5.30. The highest BCUT2D eigenvalue weighted by atomic mass is 16.5. The van der Waals surface area contributed by atoms with Crippen LogP contribution in [0.3, 0.4) is 0 Å². The van der Waals surface area contributed by atoms with Crippen molar-refractivity contribution in [1.29, 1.82) is 0 Å². The van der Waals surface area contributed by atoms with E-state index in [1.807, 2.05) is 12.3 Å². The molecule has 4 heteroatoms. The summed E-state index contributed by atoms with van der Waals surface area (Å²) in [4.78, 5) is 18.2. The van der Waals surface area contributed by atoms with E-state index in [1.165, 1.54) is 12.7 Å². The molecule has 0 amide bonds. The third-order valence-electron chi connectivity index (χ3n) is 3.94. The van der Waals surface area contributed by atoms with Crippen LogP contribution in [0, 0.1) is 5.92 Å². The summed E-state index contributed by atoms with van der Waals surface area (Å²) in [6, 6.07) is 4.00. The Morgan fingerprint density at radius 3 is 3.00 bits per heavy atom. The molecule has 0 saturated carbocycles. The first-order chi connectivity index (χ1) is 8.55. The predicted molar refractivity (Wildman–Crippen MR) is 68.8 cm³/mol. The fourth-order valence-electron chi connectivity index (χ4n) is 2.69. The number of hydrogen-bond acceptors (Lipinski definition) is 4. The lowest BCUT2D eigenvalue weighted by Gasteiger charge is -2.34. The van der Waals surface area contributed by atoms with Gasteiger partial charge in [0.15, 0.2) is 0 Å². The van der Waals surface area contributed by atoms with Gasteiger partial charge in [-0.2, -0.15) is 0 Å². The van der Waals surface area contributed by atoms with Crippen LogP contribution in [-0.4, -0.2) is 35.0 Å². The molecule has 0 radical (unpaired) electrons. The minimum Gasteiger partial charge on any atom is -0.469 e. The van der Waals surface area contributed by atoms with Crippen LogP contribution >= 0.6 is 0 Å². The van der Waals surface area contributed by atoms with E-state index in [9.17, 15) is 4.79 Å². The molecule has 0 aromatic carbocycles. The summed E-state index contributed by atoms with van der Waals surface area (Å²) in [5.74, 6) is -0.146. The molecule has 1 aliphatic rings. The number of aromatic nitrogens is 1. The van der Waals surface area contributed by atoms with Gasteiger partial charge >= 0.3 is 5.97 Å². The minimum absolute atomic E-state index is 0.0424. The highest BCUT2D eigenvalue weighted by Crippen LogP contribution is 2.36. The standard InChI is InChI=1S/C14H20N2O2/c1-14(2)12(13(17)18-3)6-8-16(14)10-11-5-4-7-15-9-11/h4-5,7,9,12H,6,8,10H2,1-3H3. The number of carbonyl (C=O) groups excluding carboxylic acids is 1. The number of hydrogen-bond donors (Lipinski definition) is 0. The van der Waals surface area contributed by atoms with Gasteiger partial charge in [0.2, 0.25) is 0 Å². The van der Waals surface area contributed by atoms with Gasteiger partial charge in [-0.05, 0) is 38.4 Å². The number of carbonyl (C=O) groups is 1. The van der Waals surface area contributed by atoms with Crippen LogP contribution < -0.4 is 0 Å². The maximum atomic E-state index is 11.8. The van der Waals surface area contributed by atoms with Gasteiger partial charge in [-0.1, -0.05) is 6.07 Å². The van der Waals surface area contributed by atoms with E-state index in [1.54, 1.807) is 6.20 Å². The Bertz CT molecular complexity index is 417. The maximum Gasteiger partial charge on any atom is 0.310 e. The molecule has 1 aliphatic heterocycles. The highest BCUT2D eigenvalue weighted by Gasteiger charge is 2.45. The summed E-state index contributed by atoms with van der Waals surface area (Å²) in [6.45, 7) is 5.96. The third-order valence-corrected chi connectivity index (χ3v) is 3.94. The minimum atomic E-state index is -0.164. The van der Waals surface area contributed by atoms with E-state index in [2.05, 4.69) is 29.8 Å². The van der Waals surface area contributed by atoms with E-state index in [0.717, 1.165) is 19.5 Å². The molecule has 0 bridgehead atoms. The Morgan fingerprint density at radius 2 is 2.39 bits per heavy atom. The molecule has 1 atom stereocenters. The second-order valence-corrected chi connectivity index (χ2v) is 5.30. The first-order valence-corrected chi connectivity index (χ1v) is 6.27. The van der Waals surface area contributed by atoms with Crippen LogP contribution in [0.15, 0.2) is 24.5 Å². The number of rotatable bonds is 3. The van der Waals surface area contributed by atoms with Gasteiger partial charge in [0.25, 0.3) is 0 Å². The molecule has 98 valence electrons. The lowest BCUT2D eigenvalue weighted by atomic mass is 9.88. The van der Waals surface area contributed by atoms with Gasteiger partial charge in [-0.15, -0.1) is 0 Å². The normalized spacial score (nSPS) is 22.9. The zero-order valence-electron chi connectivity index (χ0n) is 11.2. The Balaban J connectivity index is 2.10. The molecule has 0 N–H and O–H groups in total. The molecule has 18 heavy (non-hydrogen) atoms. The number of likely N-dealkylation sites (tertiary alicyclic amines) is 1. The van der Waals surface area contributed by atoms with E-state index in [4.69, 9.17) is 4.74 Å². The zero-order valence-corrected chi connectivity index (χ0v) is 11.2. The molecule has 4 nitrogen and oxygen atoms in total. The zero-order chi connectivity index (χ0) is 13.2. The van der Waals surface area contributed by atoms with Crippen molar-refractivity contribution in [3.05, 3.63) is 30.1 Å². The summed E-state index contributed by atoms with van der Waals surface area (Å²) >= 11 is 0. The monoisotopic (exact) mass is 248 g/mol. The number of ether oxygens (including phenoxy) is 1. The molecule has 1 saturated heterocycles. The Labute approximate surface area is 108 Å². The van der Waals surface area contributed by atoms with Crippen LogP contribution in [0.25, 0.3) is 0 Å². The van der Waals surface area contributed by atoms with E-state index in [0.29, 0.717) is 0 Å². The summed E-state index contributed by atoms with van der Waals surface area (Å²) in [5, 5.41) is 0. The summed E-state index contributed by atoms with van der Waals surface area (Å²) < 4.78 is 4.89. The van der Waals surface area contributed by atoms with Crippen molar-refractivity contribution >= 4 is 5.97 Å². The third kappa shape index (κ3) is 2.38. The summed E-state index contributed by atoms with van der Waals surface area (Å²) in [7, 11) is 1.46. The van der Waals surface area contributed by atoms with Crippen molar-refractivity contribution in [1.82, 2.24) is 9.88 Å². The Morgan fingerprint density at radius 1 is 1.61 bits per heavy atom. The lowest BCUT2D eigenvalue weighted by Crippen LogP contribution is -2.44.